The molecule has 0 aromatic heterocycles. The number of hydrogen-bond donors (Lipinski definition) is 0. The summed E-state index contributed by atoms with van der Waals surface area (Å²) in [6.45, 7) is 8.42. The van der Waals surface area contributed by atoms with Gasteiger partial charge in [-0.15, -0.1) is 23.2 Å². The molecule has 0 aliphatic heterocycles. The first-order chi connectivity index (χ1) is 10.4. The van der Waals surface area contributed by atoms with E-state index in [0.717, 1.165) is 64.2 Å². The first-order valence-corrected chi connectivity index (χ1v) is 10.1. The van der Waals surface area contributed by atoms with Crippen molar-refractivity contribution < 1.29 is 4.79 Å². The van der Waals surface area contributed by atoms with Gasteiger partial charge < -0.3 is 0 Å². The van der Waals surface area contributed by atoms with Crippen molar-refractivity contribution in [3.8, 4) is 0 Å². The van der Waals surface area contributed by atoms with Crippen molar-refractivity contribution in [2.75, 3.05) is 0 Å². The Hall–Kier alpha value is 0.250. The summed E-state index contributed by atoms with van der Waals surface area (Å²) in [6.07, 6.45) is 10.8. The molecule has 4 atom stereocenters. The fourth-order valence-electron chi connectivity index (χ4n) is 2.81. The zero-order valence-corrected chi connectivity index (χ0v) is 16.6. The third-order valence-corrected chi connectivity index (χ3v) is 5.72. The van der Waals surface area contributed by atoms with Gasteiger partial charge in [-0.2, -0.15) is 0 Å². The summed E-state index contributed by atoms with van der Waals surface area (Å²) in [5.74, 6) is 0.833. The number of unbranched alkanes of at least 4 members (excludes halogenated alkanes) is 2. The van der Waals surface area contributed by atoms with Crippen molar-refractivity contribution in [2.24, 2.45) is 11.8 Å². The van der Waals surface area contributed by atoms with E-state index < -0.39 is 0 Å². The number of carbonyl (C=O) groups is 1. The van der Waals surface area contributed by atoms with Crippen molar-refractivity contribution in [2.45, 2.75) is 103 Å². The van der Waals surface area contributed by atoms with E-state index in [0.29, 0.717) is 16.5 Å². The number of ketones is 1. The first-order valence-electron chi connectivity index (χ1n) is 9.24. The quantitative estimate of drug-likeness (QED) is 0.244. The monoisotopic (exact) mass is 350 g/mol. The molecule has 22 heavy (non-hydrogen) atoms. The minimum Gasteiger partial charge on any atom is -0.299 e. The van der Waals surface area contributed by atoms with Crippen LogP contribution in [0.5, 0.6) is 0 Å². The van der Waals surface area contributed by atoms with Crippen molar-refractivity contribution in [1.82, 2.24) is 0 Å². The number of rotatable bonds is 14. The zero-order valence-electron chi connectivity index (χ0n) is 15.0. The van der Waals surface area contributed by atoms with Gasteiger partial charge in [0.1, 0.15) is 5.78 Å². The van der Waals surface area contributed by atoms with Gasteiger partial charge in [0.05, 0.1) is 0 Å². The predicted octanol–water partition coefficient (Wildman–Crippen LogP) is 6.98. The van der Waals surface area contributed by atoms with Crippen LogP contribution in [0.1, 0.15) is 91.9 Å². The van der Waals surface area contributed by atoms with Crippen LogP contribution in [0.3, 0.4) is 0 Å². The van der Waals surface area contributed by atoms with Gasteiger partial charge in [0.15, 0.2) is 0 Å². The average Bonchev–Trinajstić information content (AvgIpc) is 2.53. The molecule has 0 saturated heterocycles. The van der Waals surface area contributed by atoms with E-state index in [4.69, 9.17) is 23.2 Å². The molecule has 0 saturated carbocycles. The molecule has 1 nitrogen and oxygen atoms in total. The SMILES string of the molecule is CCC(Cl)CCCCC(C)C(=O)C(C)CCCCC(Cl)CC. The van der Waals surface area contributed by atoms with Crippen LogP contribution >= 0.6 is 23.2 Å². The Balaban J connectivity index is 3.77. The maximum atomic E-state index is 12.4. The van der Waals surface area contributed by atoms with Crippen LogP contribution in [-0.2, 0) is 4.79 Å². The van der Waals surface area contributed by atoms with Crippen molar-refractivity contribution >= 4 is 29.0 Å². The van der Waals surface area contributed by atoms with Crippen molar-refractivity contribution in [3.63, 3.8) is 0 Å². The number of hydrogen-bond acceptors (Lipinski definition) is 1. The van der Waals surface area contributed by atoms with Crippen LogP contribution in [0.15, 0.2) is 0 Å². The lowest BCUT2D eigenvalue weighted by atomic mass is 9.88. The Bertz CT molecular complexity index is 255. The number of carbonyl (C=O) groups excluding carboxylic acids is 1. The van der Waals surface area contributed by atoms with Gasteiger partial charge in [-0.25, -0.2) is 0 Å². The summed E-state index contributed by atoms with van der Waals surface area (Å²) in [5.41, 5.74) is 0. The van der Waals surface area contributed by atoms with Crippen LogP contribution < -0.4 is 0 Å². The molecule has 4 unspecified atom stereocenters. The molecule has 3 heteroatoms. The molecule has 132 valence electrons. The van der Waals surface area contributed by atoms with E-state index in [-0.39, 0.29) is 11.8 Å². The molecule has 0 aliphatic rings. The van der Waals surface area contributed by atoms with Crippen LogP contribution in [0.2, 0.25) is 0 Å². The molecule has 0 radical (unpaired) electrons. The van der Waals surface area contributed by atoms with E-state index >= 15 is 0 Å². The first kappa shape index (κ1) is 22.2. The van der Waals surface area contributed by atoms with Gasteiger partial charge in [0, 0.05) is 22.6 Å². The minimum atomic E-state index is 0.196. The van der Waals surface area contributed by atoms with E-state index in [2.05, 4.69) is 27.7 Å². The summed E-state index contributed by atoms with van der Waals surface area (Å²) in [4.78, 5) is 12.4. The maximum Gasteiger partial charge on any atom is 0.138 e. The fourth-order valence-corrected chi connectivity index (χ4v) is 3.12. The van der Waals surface area contributed by atoms with E-state index in [1.54, 1.807) is 0 Å². The third-order valence-electron chi connectivity index (χ3n) is 4.67. The van der Waals surface area contributed by atoms with Gasteiger partial charge in [-0.3, -0.25) is 4.79 Å². The topological polar surface area (TPSA) is 17.1 Å². The van der Waals surface area contributed by atoms with Gasteiger partial charge in [0.25, 0.3) is 0 Å². The maximum absolute atomic E-state index is 12.4. The molecule has 0 aromatic carbocycles. The van der Waals surface area contributed by atoms with Crippen molar-refractivity contribution in [1.29, 1.82) is 0 Å². The number of Topliss-reactive ketones (excluding diaryl/α,β-unsaturated/α-hetero) is 1. The Labute approximate surface area is 148 Å². The lowest BCUT2D eigenvalue weighted by Crippen LogP contribution is -2.19. The van der Waals surface area contributed by atoms with Crippen LogP contribution in [0.4, 0.5) is 0 Å². The van der Waals surface area contributed by atoms with Gasteiger partial charge in [0.2, 0.25) is 0 Å². The second-order valence-electron chi connectivity index (χ2n) is 6.78. The molecular weight excluding hydrogens is 315 g/mol. The Morgan fingerprint density at radius 1 is 0.727 bits per heavy atom. The summed E-state index contributed by atoms with van der Waals surface area (Å²) in [5, 5.41) is 0.609. The second kappa shape index (κ2) is 13.7. The summed E-state index contributed by atoms with van der Waals surface area (Å²) in [6, 6.07) is 0. The Morgan fingerprint density at radius 2 is 1.05 bits per heavy atom. The van der Waals surface area contributed by atoms with Crippen molar-refractivity contribution in [3.05, 3.63) is 0 Å². The smallest absolute Gasteiger partial charge is 0.138 e. The molecule has 0 aliphatic carbocycles. The Morgan fingerprint density at radius 3 is 1.36 bits per heavy atom. The lowest BCUT2D eigenvalue weighted by molar-refractivity contribution is -0.126. The molecule has 0 amide bonds. The van der Waals surface area contributed by atoms with Gasteiger partial charge >= 0.3 is 0 Å². The fraction of sp³-hybridized carbons (Fsp3) is 0.947. The average molecular weight is 351 g/mol. The van der Waals surface area contributed by atoms with Crippen LogP contribution in [-0.4, -0.2) is 16.5 Å². The third kappa shape index (κ3) is 10.9. The zero-order chi connectivity index (χ0) is 17.0. The summed E-state index contributed by atoms with van der Waals surface area (Å²) in [7, 11) is 0. The molecule has 0 rings (SSSR count). The number of halogens is 2. The molecule has 0 heterocycles. The molecule has 0 N–H and O–H groups in total. The summed E-state index contributed by atoms with van der Waals surface area (Å²) < 4.78 is 0. The highest BCUT2D eigenvalue weighted by atomic mass is 35.5. The predicted molar refractivity (Wildman–Crippen MR) is 100 cm³/mol. The number of alkyl halides is 2. The molecule has 0 spiro atoms. The molecule has 0 aromatic rings. The molecule has 0 bridgehead atoms. The standard InChI is InChI=1S/C19H36Cl2O/c1-5-17(20)13-9-7-11-15(3)19(22)16(4)12-8-10-14-18(21)6-2/h15-18H,5-14H2,1-4H3. The van der Waals surface area contributed by atoms with Crippen LogP contribution in [0.25, 0.3) is 0 Å². The van der Waals surface area contributed by atoms with E-state index in [9.17, 15) is 4.79 Å². The van der Waals surface area contributed by atoms with E-state index in [1.165, 1.54) is 0 Å². The van der Waals surface area contributed by atoms with Gasteiger partial charge in [-0.05, 0) is 38.5 Å². The minimum absolute atomic E-state index is 0.196. The van der Waals surface area contributed by atoms with Crippen LogP contribution in [0, 0.1) is 11.8 Å². The normalized spacial score (nSPS) is 17.0. The summed E-state index contributed by atoms with van der Waals surface area (Å²) >= 11 is 12.2. The van der Waals surface area contributed by atoms with E-state index in [1.807, 2.05) is 0 Å². The lowest BCUT2D eigenvalue weighted by Gasteiger charge is -2.17. The molecular formula is C19H36Cl2O. The Kier molecular flexibility index (Phi) is 13.8. The highest BCUT2D eigenvalue weighted by Crippen LogP contribution is 2.21. The largest absolute Gasteiger partial charge is 0.299 e. The highest BCUT2D eigenvalue weighted by molar-refractivity contribution is 6.20. The highest BCUT2D eigenvalue weighted by Gasteiger charge is 2.19. The van der Waals surface area contributed by atoms with Gasteiger partial charge in [-0.1, -0.05) is 53.4 Å². The molecule has 0 fully saturated rings. The second-order valence-corrected chi connectivity index (χ2v) is 8.02.